The van der Waals surface area contributed by atoms with Gasteiger partial charge in [0.1, 0.15) is 5.75 Å². The predicted octanol–water partition coefficient (Wildman–Crippen LogP) is 4.49. The first-order valence-electron chi connectivity index (χ1n) is 10.8. The highest BCUT2D eigenvalue weighted by Gasteiger charge is 2.50. The molecule has 1 saturated heterocycles. The second kappa shape index (κ2) is 7.21. The average Bonchev–Trinajstić information content (AvgIpc) is 3.42. The largest absolute Gasteiger partial charge is 0.496 e. The zero-order chi connectivity index (χ0) is 21.0. The predicted molar refractivity (Wildman–Crippen MR) is 122 cm³/mol. The van der Waals surface area contributed by atoms with Crippen LogP contribution in [0.3, 0.4) is 0 Å². The minimum atomic E-state index is 0.223. The van der Waals surface area contributed by atoms with Crippen molar-refractivity contribution in [2.45, 2.75) is 29.6 Å². The van der Waals surface area contributed by atoms with Gasteiger partial charge in [-0.2, -0.15) is 0 Å². The van der Waals surface area contributed by atoms with Crippen LogP contribution in [0, 0.1) is 5.92 Å². The van der Waals surface area contributed by atoms with Crippen molar-refractivity contribution >= 4 is 23.5 Å². The number of aromatic nitrogens is 1. The highest BCUT2D eigenvalue weighted by atomic mass is 32.2. The van der Waals surface area contributed by atoms with Crippen LogP contribution < -0.4 is 14.4 Å². The minimum Gasteiger partial charge on any atom is -0.496 e. The van der Waals surface area contributed by atoms with E-state index in [4.69, 9.17) is 9.26 Å². The molecule has 0 amide bonds. The number of methoxy groups -OCH3 is 1. The molecule has 0 radical (unpaired) electrons. The third-order valence-electron chi connectivity index (χ3n) is 6.88. The number of hydrogen-bond acceptors (Lipinski definition) is 7. The molecular formula is C24H25N3O3S. The van der Waals surface area contributed by atoms with E-state index >= 15 is 0 Å². The van der Waals surface area contributed by atoms with Gasteiger partial charge < -0.3 is 24.0 Å². The molecule has 31 heavy (non-hydrogen) atoms. The average molecular weight is 436 g/mol. The molecule has 0 atom stereocenters. The lowest BCUT2D eigenvalue weighted by molar-refractivity contribution is 0.201. The number of anilines is 2. The maximum Gasteiger partial charge on any atom is 0.183 e. The third kappa shape index (κ3) is 3.10. The van der Waals surface area contributed by atoms with Crippen molar-refractivity contribution in [2.75, 3.05) is 36.4 Å². The van der Waals surface area contributed by atoms with E-state index in [-0.39, 0.29) is 12.0 Å². The van der Waals surface area contributed by atoms with Crippen molar-refractivity contribution in [2.24, 2.45) is 5.92 Å². The number of aliphatic hydroxyl groups is 1. The van der Waals surface area contributed by atoms with Gasteiger partial charge in [0.2, 0.25) is 0 Å². The van der Waals surface area contributed by atoms with Crippen molar-refractivity contribution in [3.8, 4) is 17.1 Å². The van der Waals surface area contributed by atoms with Crippen molar-refractivity contribution in [3.05, 3.63) is 53.6 Å². The molecule has 2 heterocycles. The first kappa shape index (κ1) is 19.1. The molecule has 1 saturated carbocycles. The summed E-state index contributed by atoms with van der Waals surface area (Å²) in [5.41, 5.74) is 5.15. The standard InChI is InChI=1S/C24H25N3O3S/c1-29-20-4-2-3-5-21(20)31-26-23-18-11-24(8-9-24)19-7-6-16(27-12-15(13-27)14-28)10-17(19)22(18)30-25-23/h2-7,10,15,28H,8-9,11-14H2,1H3,(H,25,26). The Morgan fingerprint density at radius 1 is 1.26 bits per heavy atom. The van der Waals surface area contributed by atoms with Gasteiger partial charge in [0, 0.05) is 47.8 Å². The number of fused-ring (bicyclic) bond motifs is 4. The third-order valence-corrected chi connectivity index (χ3v) is 7.74. The van der Waals surface area contributed by atoms with Crippen molar-refractivity contribution < 1.29 is 14.4 Å². The Balaban J connectivity index is 1.31. The molecule has 3 aromatic rings. The summed E-state index contributed by atoms with van der Waals surface area (Å²) in [4.78, 5) is 3.33. The van der Waals surface area contributed by atoms with Gasteiger partial charge >= 0.3 is 0 Å². The molecule has 0 bridgehead atoms. The van der Waals surface area contributed by atoms with Crippen molar-refractivity contribution in [1.29, 1.82) is 0 Å². The number of rotatable bonds is 6. The highest BCUT2D eigenvalue weighted by Crippen LogP contribution is 2.59. The van der Waals surface area contributed by atoms with Gasteiger partial charge in [-0.1, -0.05) is 23.4 Å². The van der Waals surface area contributed by atoms with Gasteiger partial charge in [-0.25, -0.2) is 0 Å². The molecule has 6 nitrogen and oxygen atoms in total. The van der Waals surface area contributed by atoms with Gasteiger partial charge in [-0.15, -0.1) is 0 Å². The summed E-state index contributed by atoms with van der Waals surface area (Å²) in [6.45, 7) is 2.08. The number of benzene rings is 2. The first-order chi connectivity index (χ1) is 15.2. The molecule has 6 rings (SSSR count). The Hall–Kier alpha value is -2.64. The summed E-state index contributed by atoms with van der Waals surface area (Å²) < 4.78 is 14.8. The molecule has 160 valence electrons. The first-order valence-corrected chi connectivity index (χ1v) is 11.6. The molecule has 2 aliphatic carbocycles. The second-order valence-electron chi connectivity index (χ2n) is 8.83. The van der Waals surface area contributed by atoms with Crippen molar-refractivity contribution in [1.82, 2.24) is 5.16 Å². The smallest absolute Gasteiger partial charge is 0.183 e. The van der Waals surface area contributed by atoms with Crippen LogP contribution >= 0.6 is 11.9 Å². The van der Waals surface area contributed by atoms with Crippen LogP contribution in [0.4, 0.5) is 11.5 Å². The van der Waals surface area contributed by atoms with E-state index in [0.29, 0.717) is 5.92 Å². The fourth-order valence-electron chi connectivity index (χ4n) is 4.88. The van der Waals surface area contributed by atoms with E-state index in [0.717, 1.165) is 41.7 Å². The summed E-state index contributed by atoms with van der Waals surface area (Å²) in [5, 5.41) is 13.8. The lowest BCUT2D eigenvalue weighted by atomic mass is 9.79. The van der Waals surface area contributed by atoms with Gasteiger partial charge in [0.15, 0.2) is 11.6 Å². The Morgan fingerprint density at radius 3 is 2.87 bits per heavy atom. The van der Waals surface area contributed by atoms with Gasteiger partial charge in [0.25, 0.3) is 0 Å². The summed E-state index contributed by atoms with van der Waals surface area (Å²) >= 11 is 1.50. The molecule has 2 N–H and O–H groups in total. The van der Waals surface area contributed by atoms with Crippen LogP contribution in [0.5, 0.6) is 5.75 Å². The maximum absolute atomic E-state index is 9.35. The summed E-state index contributed by atoms with van der Waals surface area (Å²) in [7, 11) is 1.68. The van der Waals surface area contributed by atoms with Gasteiger partial charge in [0.05, 0.1) is 12.0 Å². The zero-order valence-electron chi connectivity index (χ0n) is 17.4. The van der Waals surface area contributed by atoms with E-state index < -0.39 is 0 Å². The minimum absolute atomic E-state index is 0.223. The Bertz CT molecular complexity index is 1130. The summed E-state index contributed by atoms with van der Waals surface area (Å²) in [6.07, 6.45) is 3.38. The second-order valence-corrected chi connectivity index (χ2v) is 9.68. The van der Waals surface area contributed by atoms with E-state index in [1.165, 1.54) is 47.2 Å². The Kier molecular flexibility index (Phi) is 4.43. The maximum atomic E-state index is 9.35. The molecule has 7 heteroatoms. The number of nitrogens with one attached hydrogen (secondary N) is 1. The molecular weight excluding hydrogens is 410 g/mol. The van der Waals surface area contributed by atoms with Crippen LogP contribution in [0.2, 0.25) is 0 Å². The molecule has 1 spiro atoms. The van der Waals surface area contributed by atoms with Crippen molar-refractivity contribution in [3.63, 3.8) is 0 Å². The van der Waals surface area contributed by atoms with Crippen LogP contribution in [0.1, 0.15) is 24.0 Å². The van der Waals surface area contributed by atoms with E-state index in [9.17, 15) is 5.11 Å². The fraction of sp³-hybridized carbons (Fsp3) is 0.375. The zero-order valence-corrected chi connectivity index (χ0v) is 18.2. The van der Waals surface area contributed by atoms with Crippen LogP contribution in [-0.2, 0) is 11.8 Å². The van der Waals surface area contributed by atoms with Gasteiger partial charge in [-0.05, 0) is 61.0 Å². The number of aliphatic hydroxyl groups excluding tert-OH is 1. The van der Waals surface area contributed by atoms with Crippen LogP contribution in [-0.4, -0.2) is 37.1 Å². The summed E-state index contributed by atoms with van der Waals surface area (Å²) in [6, 6.07) is 14.7. The van der Waals surface area contributed by atoms with Gasteiger partial charge in [-0.3, -0.25) is 0 Å². The lowest BCUT2D eigenvalue weighted by Crippen LogP contribution is -2.48. The van der Waals surface area contributed by atoms with Crippen LogP contribution in [0.15, 0.2) is 51.9 Å². The van der Waals surface area contributed by atoms with E-state index in [2.05, 4.69) is 33.0 Å². The quantitative estimate of drug-likeness (QED) is 0.553. The summed E-state index contributed by atoms with van der Waals surface area (Å²) in [5.74, 6) is 2.91. The normalized spacial score (nSPS) is 18.3. The molecule has 1 aliphatic heterocycles. The number of hydrogen-bond donors (Lipinski definition) is 2. The van der Waals surface area contributed by atoms with Crippen LogP contribution in [0.25, 0.3) is 11.3 Å². The van der Waals surface area contributed by atoms with E-state index in [1.54, 1.807) is 7.11 Å². The highest BCUT2D eigenvalue weighted by molar-refractivity contribution is 8.00. The lowest BCUT2D eigenvalue weighted by Gasteiger charge is -2.40. The molecule has 2 aromatic carbocycles. The molecule has 3 aliphatic rings. The Morgan fingerprint density at radius 2 is 2.10 bits per heavy atom. The van der Waals surface area contributed by atoms with E-state index in [1.807, 2.05) is 24.3 Å². The fourth-order valence-corrected chi connectivity index (χ4v) is 5.64. The number of nitrogens with zero attached hydrogens (tertiary/aromatic N) is 2. The molecule has 1 aromatic heterocycles. The number of para-hydroxylation sites is 1. The molecule has 2 fully saturated rings. The Labute approximate surface area is 185 Å². The molecule has 0 unspecified atom stereocenters. The SMILES string of the molecule is COc1ccccc1SNc1noc2c1CC1(CC1)c1ccc(N3CC(CO)C3)cc1-2. The monoisotopic (exact) mass is 435 g/mol. The topological polar surface area (TPSA) is 70.8 Å². The number of ether oxygens (including phenoxy) is 1.